The third-order valence-electron chi connectivity index (χ3n) is 5.87. The third kappa shape index (κ3) is 3.70. The highest BCUT2D eigenvalue weighted by Gasteiger charge is 2.24. The van der Waals surface area contributed by atoms with E-state index in [1.807, 2.05) is 26.0 Å². The van der Waals surface area contributed by atoms with Gasteiger partial charge < -0.3 is 4.98 Å². The number of aromatic amines is 1. The van der Waals surface area contributed by atoms with Crippen molar-refractivity contribution in [2.24, 2.45) is 5.92 Å². The molecule has 0 aliphatic heterocycles. The number of rotatable bonds is 4. The van der Waals surface area contributed by atoms with Crippen LogP contribution in [0.2, 0.25) is 0 Å². The number of aromatic nitrogens is 6. The number of tetrazole rings is 1. The molecule has 3 heterocycles. The van der Waals surface area contributed by atoms with Crippen LogP contribution in [0.1, 0.15) is 52.9 Å². The van der Waals surface area contributed by atoms with E-state index in [0.29, 0.717) is 16.9 Å². The number of hydrogen-bond donors (Lipinski definition) is 1. The number of H-pyrrole nitrogens is 1. The van der Waals surface area contributed by atoms with Crippen LogP contribution in [-0.2, 0) is 12.8 Å². The van der Waals surface area contributed by atoms with E-state index in [2.05, 4.69) is 40.4 Å². The van der Waals surface area contributed by atoms with E-state index in [4.69, 9.17) is 4.98 Å². The van der Waals surface area contributed by atoms with Gasteiger partial charge in [-0.1, -0.05) is 36.4 Å². The van der Waals surface area contributed by atoms with Crippen molar-refractivity contribution in [1.82, 2.24) is 30.2 Å². The molecule has 0 spiro atoms. The van der Waals surface area contributed by atoms with Gasteiger partial charge in [-0.2, -0.15) is 4.68 Å². The molecule has 5 rings (SSSR count). The lowest BCUT2D eigenvalue weighted by Crippen LogP contribution is -2.15. The molecule has 2 unspecified atom stereocenters. The lowest BCUT2D eigenvalue weighted by molar-refractivity contribution is 0.509. The summed E-state index contributed by atoms with van der Waals surface area (Å²) in [5.41, 5.74) is 4.42. The summed E-state index contributed by atoms with van der Waals surface area (Å²) in [5, 5.41) is 13.6. The quantitative estimate of drug-likeness (QED) is 0.457. The van der Waals surface area contributed by atoms with E-state index in [9.17, 15) is 4.79 Å². The summed E-state index contributed by atoms with van der Waals surface area (Å²) in [6.07, 6.45) is 3.14. The van der Waals surface area contributed by atoms with Crippen molar-refractivity contribution < 1.29 is 0 Å². The Hall–Kier alpha value is -2.52. The number of fused-ring (bicyclic) bond motifs is 3. The fraction of sp³-hybridized carbons (Fsp3) is 0.409. The zero-order chi connectivity index (χ0) is 21.7. The molecule has 2 atom stereocenters. The van der Waals surface area contributed by atoms with Crippen molar-refractivity contribution in [2.45, 2.75) is 57.4 Å². The molecule has 0 bridgehead atoms. The Balaban J connectivity index is 1.47. The second-order valence-corrected chi connectivity index (χ2v) is 10.8. The summed E-state index contributed by atoms with van der Waals surface area (Å²) < 4.78 is 1.75. The molecule has 1 aliphatic rings. The highest BCUT2D eigenvalue weighted by Crippen LogP contribution is 2.37. The van der Waals surface area contributed by atoms with Crippen molar-refractivity contribution >= 4 is 33.3 Å². The van der Waals surface area contributed by atoms with Crippen LogP contribution in [0.15, 0.2) is 28.2 Å². The Bertz CT molecular complexity index is 1340. The van der Waals surface area contributed by atoms with Crippen LogP contribution in [-0.4, -0.2) is 30.2 Å². The molecule has 9 heteroatoms. The minimum Gasteiger partial charge on any atom is -0.309 e. The normalized spacial score (nSPS) is 17.1. The Labute approximate surface area is 188 Å². The van der Waals surface area contributed by atoms with Crippen LogP contribution in [0.3, 0.4) is 0 Å². The zero-order valence-electron chi connectivity index (χ0n) is 18.0. The predicted molar refractivity (Wildman–Crippen MR) is 124 cm³/mol. The highest BCUT2D eigenvalue weighted by atomic mass is 32.2. The number of thioether (sulfide) groups is 1. The zero-order valence-corrected chi connectivity index (χ0v) is 19.6. The molecule has 160 valence electrons. The number of thiophene rings is 1. The van der Waals surface area contributed by atoms with Gasteiger partial charge in [-0.3, -0.25) is 4.79 Å². The van der Waals surface area contributed by atoms with Gasteiger partial charge in [0.2, 0.25) is 5.16 Å². The molecule has 1 N–H and O–H groups in total. The van der Waals surface area contributed by atoms with Gasteiger partial charge in [0, 0.05) is 4.88 Å². The first-order chi connectivity index (χ1) is 14.9. The van der Waals surface area contributed by atoms with Gasteiger partial charge in [-0.25, -0.2) is 4.98 Å². The molecular formula is C22H24N6OS2. The maximum Gasteiger partial charge on any atom is 0.259 e. The smallest absolute Gasteiger partial charge is 0.259 e. The van der Waals surface area contributed by atoms with Crippen LogP contribution in [0.4, 0.5) is 0 Å². The van der Waals surface area contributed by atoms with Crippen LogP contribution in [0.5, 0.6) is 0 Å². The van der Waals surface area contributed by atoms with E-state index < -0.39 is 0 Å². The minimum absolute atomic E-state index is 0.0338. The molecule has 0 saturated carbocycles. The van der Waals surface area contributed by atoms with Crippen molar-refractivity contribution in [3.05, 3.63) is 55.9 Å². The summed E-state index contributed by atoms with van der Waals surface area (Å²) in [6.45, 7) is 8.41. The van der Waals surface area contributed by atoms with Gasteiger partial charge in [-0.05, 0) is 73.6 Å². The standard InChI is InChI=1S/C22H24N6OS2/c1-11-6-8-16(13(3)9-11)28-22(25-26-27-28)30-14(4)19-23-20(29)18-15-7-5-12(2)10-17(15)31-21(18)24-19/h6,8-9,12,14H,5,7,10H2,1-4H3,(H,23,24,29). The van der Waals surface area contributed by atoms with E-state index in [-0.39, 0.29) is 10.8 Å². The molecule has 1 aliphatic carbocycles. The number of benzene rings is 1. The molecule has 3 aromatic heterocycles. The number of nitrogens with zero attached hydrogens (tertiary/aromatic N) is 5. The molecule has 1 aromatic carbocycles. The summed E-state index contributed by atoms with van der Waals surface area (Å²) >= 11 is 3.16. The van der Waals surface area contributed by atoms with Crippen LogP contribution >= 0.6 is 23.1 Å². The van der Waals surface area contributed by atoms with Gasteiger partial charge in [0.05, 0.1) is 16.3 Å². The van der Waals surface area contributed by atoms with Crippen molar-refractivity contribution in [3.8, 4) is 5.69 Å². The second kappa shape index (κ2) is 7.87. The van der Waals surface area contributed by atoms with E-state index in [1.54, 1.807) is 16.0 Å². The fourth-order valence-corrected chi connectivity index (χ4v) is 6.47. The van der Waals surface area contributed by atoms with Crippen LogP contribution < -0.4 is 5.56 Å². The SMILES string of the molecule is Cc1ccc(-n2nnnc2SC(C)c2nc3sc4c(c3c(=O)[nH]2)CCC(C)C4)c(C)c1. The molecule has 31 heavy (non-hydrogen) atoms. The number of aryl methyl sites for hydroxylation is 3. The molecule has 7 nitrogen and oxygen atoms in total. The first-order valence-corrected chi connectivity index (χ1v) is 12.2. The maximum absolute atomic E-state index is 12.9. The molecular weight excluding hydrogens is 428 g/mol. The molecule has 0 saturated heterocycles. The molecule has 0 amide bonds. The van der Waals surface area contributed by atoms with E-state index >= 15 is 0 Å². The molecule has 4 aromatic rings. The average Bonchev–Trinajstić information content (AvgIpc) is 3.31. The Morgan fingerprint density at radius 2 is 2.16 bits per heavy atom. The minimum atomic E-state index is -0.106. The number of nitrogens with one attached hydrogen (secondary N) is 1. The fourth-order valence-electron chi connectivity index (χ4n) is 4.22. The maximum atomic E-state index is 12.9. The van der Waals surface area contributed by atoms with E-state index in [1.165, 1.54) is 27.8 Å². The predicted octanol–water partition coefficient (Wildman–Crippen LogP) is 4.56. The van der Waals surface area contributed by atoms with Crippen molar-refractivity contribution in [1.29, 1.82) is 0 Å². The monoisotopic (exact) mass is 452 g/mol. The van der Waals surface area contributed by atoms with Crippen molar-refractivity contribution in [2.75, 3.05) is 0 Å². The topological polar surface area (TPSA) is 89.3 Å². The van der Waals surface area contributed by atoms with E-state index in [0.717, 1.165) is 40.7 Å². The largest absolute Gasteiger partial charge is 0.309 e. The Morgan fingerprint density at radius 1 is 1.32 bits per heavy atom. The van der Waals surface area contributed by atoms with Crippen LogP contribution in [0, 0.1) is 19.8 Å². The summed E-state index contributed by atoms with van der Waals surface area (Å²) in [6, 6.07) is 6.19. The molecule has 0 radical (unpaired) electrons. The molecule has 0 fully saturated rings. The number of hydrogen-bond acceptors (Lipinski definition) is 7. The lowest BCUT2D eigenvalue weighted by atomic mass is 9.89. The summed E-state index contributed by atoms with van der Waals surface area (Å²) in [4.78, 5) is 23.0. The first kappa shape index (κ1) is 20.4. The van der Waals surface area contributed by atoms with Crippen molar-refractivity contribution in [3.63, 3.8) is 0 Å². The van der Waals surface area contributed by atoms with Gasteiger partial charge in [0.15, 0.2) is 0 Å². The Morgan fingerprint density at radius 3 is 2.97 bits per heavy atom. The van der Waals surface area contributed by atoms with Gasteiger partial charge in [0.25, 0.3) is 5.56 Å². The first-order valence-electron chi connectivity index (χ1n) is 10.5. The summed E-state index contributed by atoms with van der Waals surface area (Å²) in [7, 11) is 0. The van der Waals surface area contributed by atoms with Gasteiger partial charge in [0.1, 0.15) is 10.7 Å². The average molecular weight is 453 g/mol. The van der Waals surface area contributed by atoms with Gasteiger partial charge in [-0.15, -0.1) is 16.4 Å². The Kier molecular flexibility index (Phi) is 5.18. The second-order valence-electron chi connectivity index (χ2n) is 8.41. The highest BCUT2D eigenvalue weighted by molar-refractivity contribution is 7.99. The lowest BCUT2D eigenvalue weighted by Gasteiger charge is -2.17. The summed E-state index contributed by atoms with van der Waals surface area (Å²) in [5.74, 6) is 1.32. The van der Waals surface area contributed by atoms with Crippen LogP contribution in [0.25, 0.3) is 15.9 Å². The van der Waals surface area contributed by atoms with Gasteiger partial charge >= 0.3 is 0 Å². The third-order valence-corrected chi connectivity index (χ3v) is 8.06.